The molecule has 0 saturated heterocycles. The molecule has 0 aliphatic heterocycles. The van der Waals surface area contributed by atoms with E-state index in [1.807, 2.05) is 0 Å². The van der Waals surface area contributed by atoms with Gasteiger partial charge in [-0.25, -0.2) is 8.78 Å². The number of aromatic amines is 1. The van der Waals surface area contributed by atoms with Crippen LogP contribution in [0.1, 0.15) is 10.4 Å². The normalized spacial score (nSPS) is 10.7. The van der Waals surface area contributed by atoms with Gasteiger partial charge in [-0.3, -0.25) is 4.79 Å². The van der Waals surface area contributed by atoms with Crippen LogP contribution in [0.15, 0.2) is 36.5 Å². The van der Waals surface area contributed by atoms with Crippen molar-refractivity contribution in [1.82, 2.24) is 4.98 Å². The average Bonchev–Trinajstić information content (AvgIpc) is 2.99. The predicted molar refractivity (Wildman–Crippen MR) is 85.7 cm³/mol. The number of rotatable bonds is 4. The Morgan fingerprint density at radius 1 is 1.04 bits per heavy atom. The van der Waals surface area contributed by atoms with Gasteiger partial charge in [0.25, 0.3) is 5.91 Å². The summed E-state index contributed by atoms with van der Waals surface area (Å²) in [6.07, 6.45) is 1.53. The fraction of sp³-hybridized carbons (Fsp3) is 0.118. The lowest BCUT2D eigenvalue weighted by Crippen LogP contribution is -2.11. The number of nitrogens with one attached hydrogen (secondary N) is 2. The highest BCUT2D eigenvalue weighted by molar-refractivity contribution is 6.13. The fourth-order valence-electron chi connectivity index (χ4n) is 2.41. The molecule has 124 valence electrons. The summed E-state index contributed by atoms with van der Waals surface area (Å²) < 4.78 is 36.6. The molecule has 1 aromatic heterocycles. The Morgan fingerprint density at radius 2 is 1.75 bits per heavy atom. The van der Waals surface area contributed by atoms with Gasteiger partial charge in [0.1, 0.15) is 0 Å². The molecule has 5 nitrogen and oxygen atoms in total. The van der Waals surface area contributed by atoms with E-state index in [2.05, 4.69) is 10.3 Å². The van der Waals surface area contributed by atoms with Gasteiger partial charge >= 0.3 is 0 Å². The molecule has 2 aromatic carbocycles. The standard InChI is InChI=1S/C17H14F2N2O3/c1-23-15-6-10-11(8-20-14(10)7-16(15)24-2)17(22)21-9-3-4-12(18)13(19)5-9/h3-8,20H,1-2H3,(H,21,22). The topological polar surface area (TPSA) is 63.4 Å². The van der Waals surface area contributed by atoms with Gasteiger partial charge in [0.05, 0.1) is 25.3 Å². The summed E-state index contributed by atoms with van der Waals surface area (Å²) in [4.78, 5) is 15.4. The van der Waals surface area contributed by atoms with Crippen molar-refractivity contribution in [2.75, 3.05) is 19.5 Å². The third-order valence-electron chi connectivity index (χ3n) is 3.61. The first kappa shape index (κ1) is 15.8. The number of H-pyrrole nitrogens is 1. The van der Waals surface area contributed by atoms with E-state index in [0.717, 1.165) is 12.1 Å². The summed E-state index contributed by atoms with van der Waals surface area (Å²) in [7, 11) is 3.01. The Balaban J connectivity index is 1.96. The van der Waals surface area contributed by atoms with Crippen LogP contribution in [0, 0.1) is 11.6 Å². The monoisotopic (exact) mass is 332 g/mol. The number of ether oxygens (including phenoxy) is 2. The van der Waals surface area contributed by atoms with Gasteiger partial charge in [-0.15, -0.1) is 0 Å². The predicted octanol–water partition coefficient (Wildman–Crippen LogP) is 3.72. The number of amides is 1. The third-order valence-corrected chi connectivity index (χ3v) is 3.61. The summed E-state index contributed by atoms with van der Waals surface area (Å²) >= 11 is 0. The van der Waals surface area contributed by atoms with Gasteiger partial charge in [-0.1, -0.05) is 0 Å². The summed E-state index contributed by atoms with van der Waals surface area (Å²) in [6, 6.07) is 6.54. The van der Waals surface area contributed by atoms with Crippen LogP contribution < -0.4 is 14.8 Å². The lowest BCUT2D eigenvalue weighted by Gasteiger charge is -2.08. The van der Waals surface area contributed by atoms with Crippen molar-refractivity contribution < 1.29 is 23.0 Å². The van der Waals surface area contributed by atoms with Crippen LogP contribution in [0.5, 0.6) is 11.5 Å². The van der Waals surface area contributed by atoms with Crippen molar-refractivity contribution in [2.45, 2.75) is 0 Å². The molecule has 0 radical (unpaired) electrons. The number of aromatic nitrogens is 1. The minimum Gasteiger partial charge on any atom is -0.493 e. The number of carbonyl (C=O) groups excluding carboxylic acids is 1. The number of methoxy groups -OCH3 is 2. The Hall–Kier alpha value is -3.09. The van der Waals surface area contributed by atoms with E-state index < -0.39 is 17.5 Å². The van der Waals surface area contributed by atoms with Crippen LogP contribution in [-0.4, -0.2) is 25.1 Å². The zero-order valence-corrected chi connectivity index (χ0v) is 12.9. The van der Waals surface area contributed by atoms with Gasteiger partial charge in [-0.05, 0) is 18.2 Å². The van der Waals surface area contributed by atoms with Crippen LogP contribution in [0.25, 0.3) is 10.9 Å². The smallest absolute Gasteiger partial charge is 0.257 e. The van der Waals surface area contributed by atoms with Crippen LogP contribution in [0.4, 0.5) is 14.5 Å². The molecule has 0 unspecified atom stereocenters. The SMILES string of the molecule is COc1cc2[nH]cc(C(=O)Nc3ccc(F)c(F)c3)c2cc1OC. The zero-order valence-electron chi connectivity index (χ0n) is 12.9. The van der Waals surface area contributed by atoms with Gasteiger partial charge in [0, 0.05) is 29.4 Å². The highest BCUT2D eigenvalue weighted by Crippen LogP contribution is 2.33. The van der Waals surface area contributed by atoms with Crippen molar-refractivity contribution >= 4 is 22.5 Å². The fourth-order valence-corrected chi connectivity index (χ4v) is 2.41. The van der Waals surface area contributed by atoms with Crippen LogP contribution in [0.3, 0.4) is 0 Å². The first-order valence-electron chi connectivity index (χ1n) is 7.03. The molecule has 2 N–H and O–H groups in total. The number of hydrogen-bond acceptors (Lipinski definition) is 3. The summed E-state index contributed by atoms with van der Waals surface area (Å²) in [5.74, 6) is -1.46. The molecule has 0 aliphatic rings. The van der Waals surface area contributed by atoms with Crippen molar-refractivity contribution in [1.29, 1.82) is 0 Å². The Bertz CT molecular complexity index is 922. The number of fused-ring (bicyclic) bond motifs is 1. The van der Waals surface area contributed by atoms with Crippen molar-refractivity contribution in [2.24, 2.45) is 0 Å². The van der Waals surface area contributed by atoms with Crippen LogP contribution >= 0.6 is 0 Å². The first-order valence-corrected chi connectivity index (χ1v) is 7.03. The van der Waals surface area contributed by atoms with Gasteiger partial charge in [0.15, 0.2) is 23.1 Å². The molecule has 0 spiro atoms. The zero-order chi connectivity index (χ0) is 17.3. The molecule has 0 fully saturated rings. The minimum atomic E-state index is -1.03. The quantitative estimate of drug-likeness (QED) is 0.765. The molecule has 1 heterocycles. The maximum atomic E-state index is 13.2. The molecule has 3 rings (SSSR count). The molecule has 0 bridgehead atoms. The lowest BCUT2D eigenvalue weighted by molar-refractivity contribution is 0.102. The second kappa shape index (κ2) is 6.19. The Labute approximate surface area is 136 Å². The number of carbonyl (C=O) groups is 1. The molecule has 0 atom stereocenters. The average molecular weight is 332 g/mol. The summed E-state index contributed by atoms with van der Waals surface area (Å²) in [5, 5.41) is 3.15. The Kier molecular flexibility index (Phi) is 4.07. The molecule has 1 amide bonds. The van der Waals surface area contributed by atoms with E-state index in [4.69, 9.17) is 9.47 Å². The van der Waals surface area contributed by atoms with E-state index in [1.165, 1.54) is 26.5 Å². The van der Waals surface area contributed by atoms with Crippen LogP contribution in [0.2, 0.25) is 0 Å². The van der Waals surface area contributed by atoms with Gasteiger partial charge < -0.3 is 19.8 Å². The highest BCUT2D eigenvalue weighted by atomic mass is 19.2. The number of benzene rings is 2. The van der Waals surface area contributed by atoms with Crippen molar-refractivity contribution in [3.05, 3.63) is 53.7 Å². The van der Waals surface area contributed by atoms with Crippen molar-refractivity contribution in [3.8, 4) is 11.5 Å². The molecular weight excluding hydrogens is 318 g/mol. The molecule has 24 heavy (non-hydrogen) atoms. The first-order chi connectivity index (χ1) is 11.5. The molecule has 0 saturated carbocycles. The van der Waals surface area contributed by atoms with Gasteiger partial charge in [0.2, 0.25) is 0 Å². The molecule has 3 aromatic rings. The second-order valence-electron chi connectivity index (χ2n) is 5.04. The largest absolute Gasteiger partial charge is 0.493 e. The summed E-state index contributed by atoms with van der Waals surface area (Å²) in [6.45, 7) is 0. The maximum absolute atomic E-state index is 13.2. The van der Waals surface area contributed by atoms with E-state index in [1.54, 1.807) is 12.1 Å². The summed E-state index contributed by atoms with van der Waals surface area (Å²) in [5.41, 5.74) is 1.19. The van der Waals surface area contributed by atoms with Gasteiger partial charge in [-0.2, -0.15) is 0 Å². The van der Waals surface area contributed by atoms with E-state index in [9.17, 15) is 13.6 Å². The van der Waals surface area contributed by atoms with Crippen molar-refractivity contribution in [3.63, 3.8) is 0 Å². The number of halogens is 2. The number of anilines is 1. The Morgan fingerprint density at radius 3 is 2.42 bits per heavy atom. The maximum Gasteiger partial charge on any atom is 0.257 e. The van der Waals surface area contributed by atoms with E-state index >= 15 is 0 Å². The number of hydrogen-bond donors (Lipinski definition) is 2. The molecular formula is C17H14F2N2O3. The van der Waals surface area contributed by atoms with E-state index in [-0.39, 0.29) is 5.69 Å². The van der Waals surface area contributed by atoms with E-state index in [0.29, 0.717) is 28.0 Å². The lowest BCUT2D eigenvalue weighted by atomic mass is 10.1. The molecule has 7 heteroatoms. The molecule has 0 aliphatic carbocycles. The second-order valence-corrected chi connectivity index (χ2v) is 5.04. The third kappa shape index (κ3) is 2.76. The minimum absolute atomic E-state index is 0.161. The van der Waals surface area contributed by atoms with Crippen LogP contribution in [-0.2, 0) is 0 Å². The highest BCUT2D eigenvalue weighted by Gasteiger charge is 2.16.